The van der Waals surface area contributed by atoms with Gasteiger partial charge in [0.25, 0.3) is 5.91 Å². The highest BCUT2D eigenvalue weighted by Gasteiger charge is 2.24. The molecule has 1 aromatic carbocycles. The number of urea groups is 1. The summed E-state index contributed by atoms with van der Waals surface area (Å²) in [7, 11) is 0. The summed E-state index contributed by atoms with van der Waals surface area (Å²) in [5, 5.41) is 5.38. The first kappa shape index (κ1) is 18.2. The van der Waals surface area contributed by atoms with E-state index in [1.54, 1.807) is 29.2 Å². The summed E-state index contributed by atoms with van der Waals surface area (Å²) in [6.07, 6.45) is 0.753. The third kappa shape index (κ3) is 4.54. The molecule has 0 unspecified atom stereocenters. The van der Waals surface area contributed by atoms with Gasteiger partial charge in [-0.05, 0) is 58.1 Å². The number of carbonyl (C=O) groups excluding carboxylic acids is 2. The third-order valence-corrected chi connectivity index (χ3v) is 6.05. The monoisotopic (exact) mass is 441 g/mol. The molecule has 1 N–H and O–H groups in total. The van der Waals surface area contributed by atoms with Crippen molar-refractivity contribution in [3.05, 3.63) is 50.1 Å². The molecular weight excluding hydrogens is 426 g/mol. The number of nitrogens with zero attached hydrogens (tertiary/aromatic N) is 2. The van der Waals surface area contributed by atoms with Gasteiger partial charge in [0.05, 0.1) is 0 Å². The number of nitrogens with one attached hydrogen (secondary N) is 1. The van der Waals surface area contributed by atoms with Crippen molar-refractivity contribution in [3.8, 4) is 0 Å². The number of anilines is 1. The Hall–Kier alpha value is -1.57. The number of rotatable bonds is 2. The Morgan fingerprint density at radius 3 is 2.40 bits per heavy atom. The summed E-state index contributed by atoms with van der Waals surface area (Å²) in [6.45, 7) is 2.30. The molecule has 3 rings (SSSR count). The molecule has 132 valence electrons. The van der Waals surface area contributed by atoms with E-state index in [2.05, 4.69) is 21.2 Å². The van der Waals surface area contributed by atoms with Crippen molar-refractivity contribution in [3.63, 3.8) is 0 Å². The summed E-state index contributed by atoms with van der Waals surface area (Å²) in [4.78, 5) is 29.3. The number of benzene rings is 1. The van der Waals surface area contributed by atoms with Gasteiger partial charge in [-0.15, -0.1) is 11.3 Å². The van der Waals surface area contributed by atoms with Crippen LogP contribution in [0.5, 0.6) is 0 Å². The molecule has 1 aliphatic heterocycles. The van der Waals surface area contributed by atoms with E-state index in [1.807, 2.05) is 16.3 Å². The second-order valence-electron chi connectivity index (χ2n) is 5.67. The summed E-state index contributed by atoms with van der Waals surface area (Å²) in [5.41, 5.74) is 0.703. The van der Waals surface area contributed by atoms with Gasteiger partial charge in [-0.1, -0.05) is 11.6 Å². The van der Waals surface area contributed by atoms with Crippen LogP contribution in [-0.2, 0) is 0 Å². The smallest absolute Gasteiger partial charge is 0.321 e. The lowest BCUT2D eigenvalue weighted by atomic mass is 10.3. The van der Waals surface area contributed by atoms with Crippen LogP contribution in [0.2, 0.25) is 5.02 Å². The normalized spacial score (nSPS) is 15.0. The van der Waals surface area contributed by atoms with Gasteiger partial charge in [0, 0.05) is 41.4 Å². The van der Waals surface area contributed by atoms with Crippen LogP contribution in [-0.4, -0.2) is 47.9 Å². The molecule has 1 saturated heterocycles. The molecule has 3 amide bonds. The zero-order chi connectivity index (χ0) is 17.8. The Morgan fingerprint density at radius 1 is 1.04 bits per heavy atom. The second-order valence-corrected chi connectivity index (χ2v) is 7.87. The number of thiophene rings is 1. The van der Waals surface area contributed by atoms with E-state index in [0.717, 1.165) is 10.9 Å². The van der Waals surface area contributed by atoms with Crippen LogP contribution in [0.1, 0.15) is 16.1 Å². The van der Waals surface area contributed by atoms with Crippen molar-refractivity contribution in [2.24, 2.45) is 0 Å². The zero-order valence-corrected chi connectivity index (χ0v) is 16.5. The standard InChI is InChI=1S/C17H17BrClN3O2S/c18-14-6-11-25-15(14)16(23)21-7-1-8-22(10-9-21)17(24)20-13-4-2-12(19)3-5-13/h2-6,11H,1,7-10H2,(H,20,24). The SMILES string of the molecule is O=C(Nc1ccc(Cl)cc1)N1CCCN(C(=O)c2sccc2Br)CC1. The summed E-state index contributed by atoms with van der Waals surface area (Å²) >= 11 is 10.7. The lowest BCUT2D eigenvalue weighted by Gasteiger charge is -2.22. The number of amides is 3. The lowest BCUT2D eigenvalue weighted by Crippen LogP contribution is -2.39. The number of hydrogen-bond acceptors (Lipinski definition) is 3. The first-order chi connectivity index (χ1) is 12.0. The maximum atomic E-state index is 12.6. The minimum absolute atomic E-state index is 0.0156. The van der Waals surface area contributed by atoms with Crippen LogP contribution in [0.3, 0.4) is 0 Å². The molecule has 2 heterocycles. The summed E-state index contributed by atoms with van der Waals surface area (Å²) in [6, 6.07) is 8.72. The highest BCUT2D eigenvalue weighted by molar-refractivity contribution is 9.10. The Balaban J connectivity index is 1.59. The first-order valence-electron chi connectivity index (χ1n) is 7.88. The molecule has 0 bridgehead atoms. The van der Waals surface area contributed by atoms with Crippen molar-refractivity contribution in [2.75, 3.05) is 31.5 Å². The lowest BCUT2D eigenvalue weighted by molar-refractivity contribution is 0.0766. The Kier molecular flexibility index (Phi) is 5.98. The van der Waals surface area contributed by atoms with Crippen LogP contribution < -0.4 is 5.32 Å². The molecule has 1 fully saturated rings. The number of carbonyl (C=O) groups is 2. The number of halogens is 2. The van der Waals surface area contributed by atoms with Crippen LogP contribution in [0.4, 0.5) is 10.5 Å². The summed E-state index contributed by atoms with van der Waals surface area (Å²) < 4.78 is 0.823. The van der Waals surface area contributed by atoms with Gasteiger partial charge in [-0.25, -0.2) is 4.79 Å². The van der Waals surface area contributed by atoms with E-state index in [4.69, 9.17) is 11.6 Å². The molecule has 5 nitrogen and oxygen atoms in total. The van der Waals surface area contributed by atoms with E-state index < -0.39 is 0 Å². The Labute approximate surface area is 163 Å². The molecular formula is C17H17BrClN3O2S. The highest BCUT2D eigenvalue weighted by Crippen LogP contribution is 2.24. The van der Waals surface area contributed by atoms with E-state index >= 15 is 0 Å². The fourth-order valence-corrected chi connectivity index (χ4v) is 4.28. The molecule has 1 aliphatic rings. The van der Waals surface area contributed by atoms with E-state index in [-0.39, 0.29) is 11.9 Å². The molecule has 0 spiro atoms. The van der Waals surface area contributed by atoms with E-state index in [9.17, 15) is 9.59 Å². The van der Waals surface area contributed by atoms with Gasteiger partial charge in [0.2, 0.25) is 0 Å². The molecule has 0 aliphatic carbocycles. The van der Waals surface area contributed by atoms with Gasteiger partial charge in [-0.3, -0.25) is 4.79 Å². The average molecular weight is 443 g/mol. The van der Waals surface area contributed by atoms with Crippen molar-refractivity contribution < 1.29 is 9.59 Å². The van der Waals surface area contributed by atoms with Crippen LogP contribution in [0.25, 0.3) is 0 Å². The minimum Gasteiger partial charge on any atom is -0.336 e. The van der Waals surface area contributed by atoms with Gasteiger partial charge in [0.15, 0.2) is 0 Å². The van der Waals surface area contributed by atoms with Gasteiger partial charge in [0.1, 0.15) is 4.88 Å². The molecule has 1 aromatic heterocycles. The molecule has 0 atom stereocenters. The van der Waals surface area contributed by atoms with Crippen LogP contribution in [0, 0.1) is 0 Å². The van der Waals surface area contributed by atoms with Crippen LogP contribution >= 0.6 is 38.9 Å². The van der Waals surface area contributed by atoms with Crippen LogP contribution in [0.15, 0.2) is 40.2 Å². The zero-order valence-electron chi connectivity index (χ0n) is 13.4. The van der Waals surface area contributed by atoms with E-state index in [0.29, 0.717) is 41.8 Å². The van der Waals surface area contributed by atoms with Crippen molar-refractivity contribution in [2.45, 2.75) is 6.42 Å². The largest absolute Gasteiger partial charge is 0.336 e. The quantitative estimate of drug-likeness (QED) is 0.742. The van der Waals surface area contributed by atoms with Crippen molar-refractivity contribution >= 4 is 56.5 Å². The Morgan fingerprint density at radius 2 is 1.72 bits per heavy atom. The highest BCUT2D eigenvalue weighted by atomic mass is 79.9. The third-order valence-electron chi connectivity index (χ3n) is 3.98. The van der Waals surface area contributed by atoms with Crippen molar-refractivity contribution in [1.29, 1.82) is 0 Å². The molecule has 25 heavy (non-hydrogen) atoms. The topological polar surface area (TPSA) is 52.7 Å². The molecule has 0 saturated carbocycles. The fraction of sp³-hybridized carbons (Fsp3) is 0.294. The minimum atomic E-state index is -0.158. The molecule has 8 heteroatoms. The van der Waals surface area contributed by atoms with Gasteiger partial charge >= 0.3 is 6.03 Å². The van der Waals surface area contributed by atoms with E-state index in [1.165, 1.54) is 11.3 Å². The predicted octanol–water partition coefficient (Wildman–Crippen LogP) is 4.54. The predicted molar refractivity (Wildman–Crippen MR) is 105 cm³/mol. The van der Waals surface area contributed by atoms with Gasteiger partial charge in [-0.2, -0.15) is 0 Å². The Bertz CT molecular complexity index is 766. The maximum Gasteiger partial charge on any atom is 0.321 e. The molecule has 2 aromatic rings. The fourth-order valence-electron chi connectivity index (χ4n) is 2.65. The molecule has 0 radical (unpaired) electrons. The number of hydrogen-bond donors (Lipinski definition) is 1. The maximum absolute atomic E-state index is 12.6. The first-order valence-corrected chi connectivity index (χ1v) is 9.93. The van der Waals surface area contributed by atoms with Crippen molar-refractivity contribution in [1.82, 2.24) is 9.80 Å². The summed E-state index contributed by atoms with van der Waals surface area (Å²) in [5.74, 6) is 0.0156. The average Bonchev–Trinajstić information content (AvgIpc) is 2.88. The second kappa shape index (κ2) is 8.21. The van der Waals surface area contributed by atoms with Gasteiger partial charge < -0.3 is 15.1 Å².